The van der Waals surface area contributed by atoms with Crippen molar-refractivity contribution in [1.82, 2.24) is 20.5 Å². The fraction of sp³-hybridized carbons (Fsp3) is 0.333. The number of nitrogens with zero attached hydrogens (tertiary/aromatic N) is 1. The number of aromatic amines is 2. The number of carbonyl (C=O) groups is 1. The Morgan fingerprint density at radius 1 is 1.56 bits per heavy atom. The van der Waals surface area contributed by atoms with E-state index in [0.717, 1.165) is 11.3 Å². The van der Waals surface area contributed by atoms with Gasteiger partial charge < -0.3 is 15.0 Å². The van der Waals surface area contributed by atoms with Gasteiger partial charge in [0.1, 0.15) is 5.69 Å². The SMILES string of the molecule is COC(=O)c1ccc(CNC(C)c2cn[nH]c2)[nH]1. The molecule has 0 aliphatic rings. The van der Waals surface area contributed by atoms with Gasteiger partial charge in [0.2, 0.25) is 0 Å². The number of ether oxygens (including phenoxy) is 1. The lowest BCUT2D eigenvalue weighted by molar-refractivity contribution is 0.0594. The molecule has 96 valence electrons. The van der Waals surface area contributed by atoms with Crippen molar-refractivity contribution in [2.24, 2.45) is 0 Å². The average molecular weight is 248 g/mol. The van der Waals surface area contributed by atoms with Crippen molar-refractivity contribution in [1.29, 1.82) is 0 Å². The standard InChI is InChI=1S/C12H16N4O2/c1-8(9-5-14-15-6-9)13-7-10-3-4-11(16-10)12(17)18-2/h3-6,8,13,16H,7H2,1-2H3,(H,14,15). The van der Waals surface area contributed by atoms with Crippen molar-refractivity contribution >= 4 is 5.97 Å². The van der Waals surface area contributed by atoms with Gasteiger partial charge in [-0.3, -0.25) is 5.10 Å². The lowest BCUT2D eigenvalue weighted by Crippen LogP contribution is -2.18. The summed E-state index contributed by atoms with van der Waals surface area (Å²) in [6.07, 6.45) is 3.64. The zero-order valence-corrected chi connectivity index (χ0v) is 10.4. The number of hydrogen-bond donors (Lipinski definition) is 3. The third-order valence-corrected chi connectivity index (χ3v) is 2.77. The molecule has 2 heterocycles. The number of aromatic nitrogens is 3. The van der Waals surface area contributed by atoms with Crippen molar-refractivity contribution in [2.45, 2.75) is 19.5 Å². The van der Waals surface area contributed by atoms with Gasteiger partial charge in [0.05, 0.1) is 13.3 Å². The summed E-state index contributed by atoms with van der Waals surface area (Å²) in [5.74, 6) is -0.357. The number of hydrogen-bond acceptors (Lipinski definition) is 4. The second-order valence-electron chi connectivity index (χ2n) is 4.02. The topological polar surface area (TPSA) is 82.8 Å². The summed E-state index contributed by atoms with van der Waals surface area (Å²) < 4.78 is 4.63. The van der Waals surface area contributed by atoms with Crippen LogP contribution in [-0.2, 0) is 11.3 Å². The van der Waals surface area contributed by atoms with E-state index < -0.39 is 0 Å². The van der Waals surface area contributed by atoms with E-state index in [-0.39, 0.29) is 12.0 Å². The number of esters is 1. The van der Waals surface area contributed by atoms with Gasteiger partial charge in [-0.1, -0.05) is 0 Å². The predicted octanol–water partition coefficient (Wildman–Crippen LogP) is 1.38. The molecular formula is C12H16N4O2. The summed E-state index contributed by atoms with van der Waals surface area (Å²) >= 11 is 0. The first-order chi connectivity index (χ1) is 8.70. The molecule has 2 rings (SSSR count). The van der Waals surface area contributed by atoms with Gasteiger partial charge in [-0.2, -0.15) is 5.10 Å². The van der Waals surface area contributed by atoms with Gasteiger partial charge in [0, 0.05) is 30.0 Å². The van der Waals surface area contributed by atoms with E-state index in [1.165, 1.54) is 7.11 Å². The highest BCUT2D eigenvalue weighted by Crippen LogP contribution is 2.10. The van der Waals surface area contributed by atoms with Crippen LogP contribution in [0.4, 0.5) is 0 Å². The molecule has 0 saturated carbocycles. The van der Waals surface area contributed by atoms with E-state index in [4.69, 9.17) is 0 Å². The molecule has 6 nitrogen and oxygen atoms in total. The lowest BCUT2D eigenvalue weighted by Gasteiger charge is -2.10. The third-order valence-electron chi connectivity index (χ3n) is 2.77. The van der Waals surface area contributed by atoms with Crippen molar-refractivity contribution in [3.05, 3.63) is 41.5 Å². The molecule has 2 aromatic rings. The quantitative estimate of drug-likeness (QED) is 0.698. The maximum absolute atomic E-state index is 11.3. The van der Waals surface area contributed by atoms with E-state index >= 15 is 0 Å². The molecule has 0 aromatic carbocycles. The minimum atomic E-state index is -0.357. The molecular weight excluding hydrogens is 232 g/mol. The first kappa shape index (κ1) is 12.4. The molecule has 0 radical (unpaired) electrons. The number of rotatable bonds is 5. The van der Waals surface area contributed by atoms with Crippen LogP contribution in [0.25, 0.3) is 0 Å². The Kier molecular flexibility index (Phi) is 3.78. The Labute approximate surface area is 105 Å². The summed E-state index contributed by atoms with van der Waals surface area (Å²) in [5.41, 5.74) is 2.49. The molecule has 1 atom stereocenters. The molecule has 6 heteroatoms. The molecule has 0 spiro atoms. The van der Waals surface area contributed by atoms with E-state index in [0.29, 0.717) is 12.2 Å². The van der Waals surface area contributed by atoms with Gasteiger partial charge in [0.15, 0.2) is 0 Å². The van der Waals surface area contributed by atoms with Crippen LogP contribution < -0.4 is 5.32 Å². The Morgan fingerprint density at radius 2 is 2.39 bits per heavy atom. The molecule has 0 aliphatic carbocycles. The lowest BCUT2D eigenvalue weighted by atomic mass is 10.2. The van der Waals surface area contributed by atoms with Gasteiger partial charge in [-0.15, -0.1) is 0 Å². The highest BCUT2D eigenvalue weighted by atomic mass is 16.5. The number of H-pyrrole nitrogens is 2. The maximum Gasteiger partial charge on any atom is 0.354 e. The minimum Gasteiger partial charge on any atom is -0.464 e. The highest BCUT2D eigenvalue weighted by Gasteiger charge is 2.09. The van der Waals surface area contributed by atoms with Crippen LogP contribution in [0.3, 0.4) is 0 Å². The number of nitrogens with one attached hydrogen (secondary N) is 3. The van der Waals surface area contributed by atoms with Gasteiger partial charge in [-0.25, -0.2) is 4.79 Å². The summed E-state index contributed by atoms with van der Waals surface area (Å²) in [7, 11) is 1.36. The van der Waals surface area contributed by atoms with Crippen molar-refractivity contribution in [3.8, 4) is 0 Å². The Balaban J connectivity index is 1.90. The highest BCUT2D eigenvalue weighted by molar-refractivity contribution is 5.87. The van der Waals surface area contributed by atoms with Crippen molar-refractivity contribution < 1.29 is 9.53 Å². The summed E-state index contributed by atoms with van der Waals surface area (Å²) in [6, 6.07) is 3.76. The molecule has 2 aromatic heterocycles. The molecule has 0 fully saturated rings. The largest absolute Gasteiger partial charge is 0.464 e. The predicted molar refractivity (Wildman–Crippen MR) is 66.0 cm³/mol. The smallest absolute Gasteiger partial charge is 0.354 e. The first-order valence-corrected chi connectivity index (χ1v) is 5.69. The molecule has 0 amide bonds. The Bertz CT molecular complexity index is 504. The fourth-order valence-corrected chi connectivity index (χ4v) is 1.65. The molecule has 0 bridgehead atoms. The second-order valence-corrected chi connectivity index (χ2v) is 4.02. The van der Waals surface area contributed by atoms with E-state index in [1.807, 2.05) is 12.3 Å². The van der Waals surface area contributed by atoms with Crippen LogP contribution in [0, 0.1) is 0 Å². The van der Waals surface area contributed by atoms with E-state index in [1.54, 1.807) is 12.3 Å². The molecule has 3 N–H and O–H groups in total. The van der Waals surface area contributed by atoms with Gasteiger partial charge in [0.25, 0.3) is 0 Å². The number of carbonyl (C=O) groups excluding carboxylic acids is 1. The zero-order chi connectivity index (χ0) is 13.0. The van der Waals surface area contributed by atoms with Gasteiger partial charge in [-0.05, 0) is 19.1 Å². The van der Waals surface area contributed by atoms with Crippen LogP contribution in [0.2, 0.25) is 0 Å². The minimum absolute atomic E-state index is 0.189. The summed E-state index contributed by atoms with van der Waals surface area (Å²) in [4.78, 5) is 14.3. The molecule has 0 saturated heterocycles. The second kappa shape index (κ2) is 5.50. The van der Waals surface area contributed by atoms with Crippen LogP contribution in [0.5, 0.6) is 0 Å². The van der Waals surface area contributed by atoms with Crippen molar-refractivity contribution in [3.63, 3.8) is 0 Å². The zero-order valence-electron chi connectivity index (χ0n) is 10.4. The fourth-order valence-electron chi connectivity index (χ4n) is 1.65. The Morgan fingerprint density at radius 3 is 3.06 bits per heavy atom. The van der Waals surface area contributed by atoms with E-state index in [9.17, 15) is 4.79 Å². The summed E-state index contributed by atoms with van der Waals surface area (Å²) in [6.45, 7) is 2.69. The summed E-state index contributed by atoms with van der Waals surface area (Å²) in [5, 5.41) is 10.0. The molecule has 0 aliphatic heterocycles. The monoisotopic (exact) mass is 248 g/mol. The van der Waals surface area contributed by atoms with Crippen LogP contribution in [0.15, 0.2) is 24.5 Å². The average Bonchev–Trinajstić information content (AvgIpc) is 3.05. The maximum atomic E-state index is 11.3. The number of methoxy groups -OCH3 is 1. The van der Waals surface area contributed by atoms with Gasteiger partial charge >= 0.3 is 5.97 Å². The third kappa shape index (κ3) is 2.78. The Hall–Kier alpha value is -2.08. The molecule has 1 unspecified atom stereocenters. The first-order valence-electron chi connectivity index (χ1n) is 5.69. The van der Waals surface area contributed by atoms with Crippen LogP contribution in [-0.4, -0.2) is 28.3 Å². The van der Waals surface area contributed by atoms with Crippen LogP contribution in [0.1, 0.15) is 34.7 Å². The van der Waals surface area contributed by atoms with Crippen molar-refractivity contribution in [2.75, 3.05) is 7.11 Å². The van der Waals surface area contributed by atoms with E-state index in [2.05, 4.69) is 32.2 Å². The normalized spacial score (nSPS) is 12.3. The molecule has 18 heavy (non-hydrogen) atoms. The van der Waals surface area contributed by atoms with Crippen LogP contribution >= 0.6 is 0 Å².